The maximum absolute atomic E-state index is 13.5. The fourth-order valence-corrected chi connectivity index (χ4v) is 1.87. The average molecular weight is 343 g/mol. The van der Waals surface area contributed by atoms with Crippen molar-refractivity contribution in [1.29, 1.82) is 0 Å². The van der Waals surface area contributed by atoms with E-state index in [4.69, 9.17) is 27.9 Å². The van der Waals surface area contributed by atoms with Gasteiger partial charge in [-0.3, -0.25) is 4.79 Å². The summed E-state index contributed by atoms with van der Waals surface area (Å²) in [5.41, 5.74) is -0.0705. The first kappa shape index (κ1) is 16.2. The predicted octanol–water partition coefficient (Wildman–Crippen LogP) is 3.32. The second-order valence-electron chi connectivity index (χ2n) is 4.09. The summed E-state index contributed by atoms with van der Waals surface area (Å²) in [4.78, 5) is 27.1. The van der Waals surface area contributed by atoms with Gasteiger partial charge in [-0.25, -0.2) is 14.2 Å². The Bertz CT molecular complexity index is 725. The summed E-state index contributed by atoms with van der Waals surface area (Å²) in [7, 11) is 0. The molecule has 0 saturated heterocycles. The maximum atomic E-state index is 13.5. The van der Waals surface area contributed by atoms with Gasteiger partial charge in [0, 0.05) is 11.2 Å². The summed E-state index contributed by atoms with van der Waals surface area (Å²) in [6.45, 7) is -0.601. The van der Waals surface area contributed by atoms with Crippen molar-refractivity contribution in [3.63, 3.8) is 0 Å². The first-order valence-electron chi connectivity index (χ1n) is 6.00. The van der Waals surface area contributed by atoms with E-state index in [1.165, 1.54) is 18.3 Å². The van der Waals surface area contributed by atoms with Gasteiger partial charge in [-0.15, -0.1) is 0 Å². The van der Waals surface area contributed by atoms with Gasteiger partial charge < -0.3 is 10.1 Å². The third-order valence-electron chi connectivity index (χ3n) is 2.52. The van der Waals surface area contributed by atoms with Gasteiger partial charge in [0.2, 0.25) is 0 Å². The van der Waals surface area contributed by atoms with Crippen LogP contribution in [-0.4, -0.2) is 23.5 Å². The van der Waals surface area contributed by atoms with Crippen LogP contribution in [0.25, 0.3) is 0 Å². The molecule has 8 heteroatoms. The standard InChI is InChI=1S/C14H9Cl2FN2O3/c15-8-3-4-10(17)9(6-8)14(21)22-7-12(20)19-11-2-1-5-18-13(11)16/h1-6H,7H2,(H,19,20). The molecule has 0 aliphatic carbocycles. The summed E-state index contributed by atoms with van der Waals surface area (Å²) in [5, 5.41) is 2.69. The number of hydrogen-bond donors (Lipinski definition) is 1. The highest BCUT2D eigenvalue weighted by Gasteiger charge is 2.16. The molecule has 1 amide bonds. The average Bonchev–Trinajstić information content (AvgIpc) is 2.49. The molecule has 2 aromatic rings. The van der Waals surface area contributed by atoms with Gasteiger partial charge in [-0.05, 0) is 30.3 Å². The summed E-state index contributed by atoms with van der Waals surface area (Å²) >= 11 is 11.4. The number of carbonyl (C=O) groups excluding carboxylic acids is 2. The van der Waals surface area contributed by atoms with E-state index in [2.05, 4.69) is 10.3 Å². The Kier molecular flexibility index (Phi) is 5.30. The van der Waals surface area contributed by atoms with E-state index in [0.29, 0.717) is 0 Å². The van der Waals surface area contributed by atoms with Crippen LogP contribution in [-0.2, 0) is 9.53 Å². The molecular formula is C14H9Cl2FN2O3. The zero-order valence-electron chi connectivity index (χ0n) is 11.0. The fraction of sp³-hybridized carbons (Fsp3) is 0.0714. The fourth-order valence-electron chi connectivity index (χ4n) is 1.53. The number of hydrogen-bond acceptors (Lipinski definition) is 4. The van der Waals surface area contributed by atoms with E-state index >= 15 is 0 Å². The molecule has 1 N–H and O–H groups in total. The Balaban J connectivity index is 1.95. The van der Waals surface area contributed by atoms with E-state index in [0.717, 1.165) is 12.1 Å². The highest BCUT2D eigenvalue weighted by atomic mass is 35.5. The largest absolute Gasteiger partial charge is 0.452 e. The van der Waals surface area contributed by atoms with Gasteiger partial charge in [0.25, 0.3) is 5.91 Å². The highest BCUT2D eigenvalue weighted by Crippen LogP contribution is 2.18. The lowest BCUT2D eigenvalue weighted by Crippen LogP contribution is -2.21. The highest BCUT2D eigenvalue weighted by molar-refractivity contribution is 6.32. The minimum absolute atomic E-state index is 0.100. The normalized spacial score (nSPS) is 10.1. The van der Waals surface area contributed by atoms with Crippen molar-refractivity contribution < 1.29 is 18.7 Å². The number of anilines is 1. The molecule has 0 spiro atoms. The molecule has 0 fully saturated rings. The maximum Gasteiger partial charge on any atom is 0.341 e. The summed E-state index contributed by atoms with van der Waals surface area (Å²) < 4.78 is 18.2. The summed E-state index contributed by atoms with van der Waals surface area (Å²) in [5.74, 6) is -2.41. The van der Waals surface area contributed by atoms with Crippen LogP contribution in [0.4, 0.5) is 10.1 Å². The lowest BCUT2D eigenvalue weighted by Gasteiger charge is -2.08. The number of rotatable bonds is 4. The van der Waals surface area contributed by atoms with E-state index < -0.39 is 24.3 Å². The Morgan fingerprint density at radius 1 is 1.27 bits per heavy atom. The number of benzene rings is 1. The van der Waals surface area contributed by atoms with Gasteiger partial charge >= 0.3 is 5.97 Å². The molecule has 1 heterocycles. The number of amides is 1. The van der Waals surface area contributed by atoms with E-state index in [-0.39, 0.29) is 21.4 Å². The van der Waals surface area contributed by atoms with Crippen LogP contribution in [0, 0.1) is 5.82 Å². The van der Waals surface area contributed by atoms with Crippen molar-refractivity contribution in [1.82, 2.24) is 4.98 Å². The number of carbonyl (C=O) groups is 2. The first-order chi connectivity index (χ1) is 10.5. The number of nitrogens with zero attached hydrogens (tertiary/aromatic N) is 1. The molecule has 1 aromatic heterocycles. The molecule has 0 bridgehead atoms. The second-order valence-corrected chi connectivity index (χ2v) is 4.88. The van der Waals surface area contributed by atoms with Crippen molar-refractivity contribution in [2.75, 3.05) is 11.9 Å². The molecule has 0 saturated carbocycles. The van der Waals surface area contributed by atoms with Crippen molar-refractivity contribution in [2.24, 2.45) is 0 Å². The minimum Gasteiger partial charge on any atom is -0.452 e. The van der Waals surface area contributed by atoms with Crippen LogP contribution < -0.4 is 5.32 Å². The third kappa shape index (κ3) is 4.16. The zero-order valence-corrected chi connectivity index (χ0v) is 12.5. The molecule has 114 valence electrons. The number of aromatic nitrogens is 1. The Morgan fingerprint density at radius 3 is 2.77 bits per heavy atom. The topological polar surface area (TPSA) is 68.3 Å². The first-order valence-corrected chi connectivity index (χ1v) is 6.75. The predicted molar refractivity (Wildman–Crippen MR) is 79.6 cm³/mol. The number of pyridine rings is 1. The number of ether oxygens (including phenoxy) is 1. The summed E-state index contributed by atoms with van der Waals surface area (Å²) in [6, 6.07) is 6.56. The number of halogens is 3. The van der Waals surface area contributed by atoms with Gasteiger partial charge in [-0.2, -0.15) is 0 Å². The second kappa shape index (κ2) is 7.20. The van der Waals surface area contributed by atoms with Gasteiger partial charge in [0.15, 0.2) is 11.8 Å². The SMILES string of the molecule is O=C(COC(=O)c1cc(Cl)ccc1F)Nc1cccnc1Cl. The van der Waals surface area contributed by atoms with E-state index in [9.17, 15) is 14.0 Å². The van der Waals surface area contributed by atoms with Gasteiger partial charge in [0.1, 0.15) is 5.82 Å². The molecule has 0 radical (unpaired) electrons. The van der Waals surface area contributed by atoms with Gasteiger partial charge in [0.05, 0.1) is 11.3 Å². The van der Waals surface area contributed by atoms with Crippen molar-refractivity contribution in [3.05, 3.63) is 58.1 Å². The van der Waals surface area contributed by atoms with Crippen molar-refractivity contribution in [3.8, 4) is 0 Å². The molecule has 0 atom stereocenters. The van der Waals surface area contributed by atoms with Crippen LogP contribution >= 0.6 is 23.2 Å². The smallest absolute Gasteiger partial charge is 0.341 e. The number of esters is 1. The van der Waals surface area contributed by atoms with Gasteiger partial charge in [-0.1, -0.05) is 23.2 Å². The lowest BCUT2D eigenvalue weighted by molar-refractivity contribution is -0.119. The Hall–Kier alpha value is -2.18. The van der Waals surface area contributed by atoms with E-state index in [1.54, 1.807) is 6.07 Å². The number of nitrogens with one attached hydrogen (secondary N) is 1. The van der Waals surface area contributed by atoms with Crippen LogP contribution in [0.1, 0.15) is 10.4 Å². The summed E-state index contributed by atoms with van der Waals surface area (Å²) in [6.07, 6.45) is 1.46. The zero-order chi connectivity index (χ0) is 16.1. The van der Waals surface area contributed by atoms with Crippen LogP contribution in [0.3, 0.4) is 0 Å². The molecular weight excluding hydrogens is 334 g/mol. The van der Waals surface area contributed by atoms with Crippen LogP contribution in [0.2, 0.25) is 10.2 Å². The molecule has 0 unspecified atom stereocenters. The monoisotopic (exact) mass is 342 g/mol. The van der Waals surface area contributed by atoms with Crippen LogP contribution in [0.15, 0.2) is 36.5 Å². The molecule has 5 nitrogen and oxygen atoms in total. The van der Waals surface area contributed by atoms with E-state index in [1.807, 2.05) is 0 Å². The third-order valence-corrected chi connectivity index (χ3v) is 3.05. The van der Waals surface area contributed by atoms with Crippen LogP contribution in [0.5, 0.6) is 0 Å². The minimum atomic E-state index is -0.993. The molecule has 2 rings (SSSR count). The quantitative estimate of drug-likeness (QED) is 0.683. The molecule has 0 aliphatic rings. The van der Waals surface area contributed by atoms with Crippen molar-refractivity contribution >= 4 is 40.8 Å². The molecule has 0 aliphatic heterocycles. The Labute approximate surface area is 135 Å². The Morgan fingerprint density at radius 2 is 2.05 bits per heavy atom. The molecule has 22 heavy (non-hydrogen) atoms. The lowest BCUT2D eigenvalue weighted by atomic mass is 10.2. The van der Waals surface area contributed by atoms with Crippen molar-refractivity contribution in [2.45, 2.75) is 0 Å². The molecule has 1 aromatic carbocycles.